The molecule has 2 aliphatic heterocycles. The number of hydrogen-bond donors (Lipinski definition) is 1. The minimum Gasteiger partial charge on any atom is -0.454 e. The number of fused-ring (bicyclic) bond motifs is 1. The van der Waals surface area contributed by atoms with Crippen LogP contribution in [0.1, 0.15) is 56.4 Å². The number of para-hydroxylation sites is 1. The predicted octanol–water partition coefficient (Wildman–Crippen LogP) is 3.28. The van der Waals surface area contributed by atoms with Gasteiger partial charge in [0.1, 0.15) is 0 Å². The summed E-state index contributed by atoms with van der Waals surface area (Å²) in [5.74, 6) is 3.24. The van der Waals surface area contributed by atoms with Crippen LogP contribution in [0.4, 0.5) is 0 Å². The molecule has 1 aliphatic carbocycles. The summed E-state index contributed by atoms with van der Waals surface area (Å²) in [4.78, 5) is 13.9. The van der Waals surface area contributed by atoms with Gasteiger partial charge in [-0.15, -0.1) is 0 Å². The largest absolute Gasteiger partial charge is 0.454 e. The van der Waals surface area contributed by atoms with Gasteiger partial charge < -0.3 is 20.1 Å². The van der Waals surface area contributed by atoms with E-state index in [-0.39, 0.29) is 11.8 Å². The molecule has 5 heteroatoms. The number of nitrogens with two attached hydrogens (primary N) is 1. The second-order valence-corrected chi connectivity index (χ2v) is 8.11. The molecule has 0 radical (unpaired) electrons. The average Bonchev–Trinajstić information content (AvgIpc) is 3.16. The number of benzene rings is 1. The molecule has 1 aromatic rings. The fraction of sp³-hybridized carbons (Fsp3) is 0.667. The highest BCUT2D eigenvalue weighted by atomic mass is 16.7. The Morgan fingerprint density at radius 3 is 2.58 bits per heavy atom. The topological polar surface area (TPSA) is 64.8 Å². The van der Waals surface area contributed by atoms with Crippen molar-refractivity contribution in [2.45, 2.75) is 50.9 Å². The van der Waals surface area contributed by atoms with Gasteiger partial charge in [0.05, 0.1) is 0 Å². The Kier molecular flexibility index (Phi) is 5.34. The van der Waals surface area contributed by atoms with E-state index in [1.54, 1.807) is 0 Å². The SMILES string of the molecule is NC(=O)C1CCC(CCN2CCC(c3cccc4c3OCO4)CC2)CC1. The van der Waals surface area contributed by atoms with Crippen molar-refractivity contribution < 1.29 is 14.3 Å². The molecule has 0 atom stereocenters. The van der Waals surface area contributed by atoms with E-state index < -0.39 is 0 Å². The van der Waals surface area contributed by atoms with Crippen LogP contribution in [0.15, 0.2) is 18.2 Å². The van der Waals surface area contributed by atoms with E-state index >= 15 is 0 Å². The third-order valence-electron chi connectivity index (χ3n) is 6.56. The molecule has 0 unspecified atom stereocenters. The smallest absolute Gasteiger partial charge is 0.231 e. The molecule has 142 valence electrons. The second kappa shape index (κ2) is 7.87. The molecular formula is C21H30N2O3. The first-order valence-electron chi connectivity index (χ1n) is 10.1. The van der Waals surface area contributed by atoms with Crippen molar-refractivity contribution >= 4 is 5.91 Å². The number of carbonyl (C=O) groups excluding carboxylic acids is 1. The molecular weight excluding hydrogens is 328 g/mol. The molecule has 1 aromatic carbocycles. The molecule has 0 bridgehead atoms. The zero-order chi connectivity index (χ0) is 17.9. The summed E-state index contributed by atoms with van der Waals surface area (Å²) in [6, 6.07) is 6.27. The number of carbonyl (C=O) groups is 1. The van der Waals surface area contributed by atoms with Crippen molar-refractivity contribution in [3.05, 3.63) is 23.8 Å². The molecule has 3 aliphatic rings. The summed E-state index contributed by atoms with van der Waals surface area (Å²) in [7, 11) is 0. The Bertz CT molecular complexity index is 632. The van der Waals surface area contributed by atoms with Gasteiger partial charge in [0, 0.05) is 11.5 Å². The van der Waals surface area contributed by atoms with Gasteiger partial charge in [0.15, 0.2) is 11.5 Å². The normalized spacial score (nSPS) is 26.8. The standard InChI is InChI=1S/C21H30N2O3/c22-21(24)17-6-4-15(5-7-17)8-11-23-12-9-16(10-13-23)18-2-1-3-19-20(18)26-14-25-19/h1-3,15-17H,4-14H2,(H2,22,24). The second-order valence-electron chi connectivity index (χ2n) is 8.11. The number of amides is 1. The average molecular weight is 358 g/mol. The summed E-state index contributed by atoms with van der Waals surface area (Å²) >= 11 is 0. The Hall–Kier alpha value is -1.75. The summed E-state index contributed by atoms with van der Waals surface area (Å²) in [6.45, 7) is 3.85. The van der Waals surface area contributed by atoms with Crippen LogP contribution in [-0.2, 0) is 4.79 Å². The molecule has 1 saturated carbocycles. The maximum Gasteiger partial charge on any atom is 0.231 e. The number of piperidine rings is 1. The number of hydrogen-bond acceptors (Lipinski definition) is 4. The molecule has 1 amide bonds. The highest BCUT2D eigenvalue weighted by molar-refractivity contribution is 5.76. The molecule has 5 nitrogen and oxygen atoms in total. The van der Waals surface area contributed by atoms with E-state index in [0.717, 1.165) is 56.2 Å². The fourth-order valence-corrected chi connectivity index (χ4v) is 4.84. The first-order chi connectivity index (χ1) is 12.7. The highest BCUT2D eigenvalue weighted by Crippen LogP contribution is 2.42. The van der Waals surface area contributed by atoms with E-state index in [0.29, 0.717) is 12.7 Å². The van der Waals surface area contributed by atoms with Crippen LogP contribution >= 0.6 is 0 Å². The molecule has 4 rings (SSSR count). The van der Waals surface area contributed by atoms with Crippen molar-refractivity contribution in [3.63, 3.8) is 0 Å². The molecule has 0 aromatic heterocycles. The third kappa shape index (κ3) is 3.83. The maximum atomic E-state index is 11.3. The van der Waals surface area contributed by atoms with Crippen LogP contribution in [-0.4, -0.2) is 37.2 Å². The van der Waals surface area contributed by atoms with Gasteiger partial charge in [-0.05, 0) is 82.5 Å². The van der Waals surface area contributed by atoms with Gasteiger partial charge >= 0.3 is 0 Å². The Balaban J connectivity index is 1.22. The van der Waals surface area contributed by atoms with Crippen LogP contribution in [0.2, 0.25) is 0 Å². The highest BCUT2D eigenvalue weighted by Gasteiger charge is 2.28. The van der Waals surface area contributed by atoms with Crippen molar-refractivity contribution in [2.75, 3.05) is 26.4 Å². The van der Waals surface area contributed by atoms with Crippen molar-refractivity contribution in [1.82, 2.24) is 4.90 Å². The summed E-state index contributed by atoms with van der Waals surface area (Å²) in [5, 5.41) is 0. The van der Waals surface area contributed by atoms with E-state index in [1.807, 2.05) is 6.07 Å². The molecule has 1 saturated heterocycles. The molecule has 0 spiro atoms. The minimum atomic E-state index is -0.104. The summed E-state index contributed by atoms with van der Waals surface area (Å²) in [5.41, 5.74) is 6.76. The molecule has 2 heterocycles. The van der Waals surface area contributed by atoms with Crippen LogP contribution in [0.25, 0.3) is 0 Å². The Labute approximate surface area is 155 Å². The van der Waals surface area contributed by atoms with Crippen LogP contribution in [0.3, 0.4) is 0 Å². The molecule has 2 fully saturated rings. The zero-order valence-corrected chi connectivity index (χ0v) is 15.5. The Morgan fingerprint density at radius 1 is 1.08 bits per heavy atom. The zero-order valence-electron chi connectivity index (χ0n) is 15.5. The minimum absolute atomic E-state index is 0.104. The number of ether oxygens (including phenoxy) is 2. The van der Waals surface area contributed by atoms with Crippen LogP contribution in [0.5, 0.6) is 11.5 Å². The quantitative estimate of drug-likeness (QED) is 0.877. The lowest BCUT2D eigenvalue weighted by atomic mass is 9.80. The number of primary amides is 1. The summed E-state index contributed by atoms with van der Waals surface area (Å²) < 4.78 is 11.2. The third-order valence-corrected chi connectivity index (χ3v) is 6.56. The van der Waals surface area contributed by atoms with E-state index in [4.69, 9.17) is 15.2 Å². The molecule has 26 heavy (non-hydrogen) atoms. The number of likely N-dealkylation sites (tertiary alicyclic amines) is 1. The lowest BCUT2D eigenvalue weighted by molar-refractivity contribution is -0.123. The van der Waals surface area contributed by atoms with Crippen molar-refractivity contribution in [2.24, 2.45) is 17.6 Å². The van der Waals surface area contributed by atoms with Gasteiger partial charge in [0.2, 0.25) is 12.7 Å². The number of rotatable bonds is 5. The van der Waals surface area contributed by atoms with Gasteiger partial charge in [0.25, 0.3) is 0 Å². The van der Waals surface area contributed by atoms with Gasteiger partial charge in [-0.2, -0.15) is 0 Å². The predicted molar refractivity (Wildman–Crippen MR) is 100 cm³/mol. The first-order valence-corrected chi connectivity index (χ1v) is 10.1. The van der Waals surface area contributed by atoms with Crippen molar-refractivity contribution in [1.29, 1.82) is 0 Å². The number of nitrogens with zero attached hydrogens (tertiary/aromatic N) is 1. The summed E-state index contributed by atoms with van der Waals surface area (Å²) in [6.07, 6.45) is 7.94. The lowest BCUT2D eigenvalue weighted by Gasteiger charge is -2.34. The van der Waals surface area contributed by atoms with Gasteiger partial charge in [-0.1, -0.05) is 12.1 Å². The maximum absolute atomic E-state index is 11.3. The van der Waals surface area contributed by atoms with Gasteiger partial charge in [-0.3, -0.25) is 4.79 Å². The van der Waals surface area contributed by atoms with Gasteiger partial charge in [-0.25, -0.2) is 0 Å². The fourth-order valence-electron chi connectivity index (χ4n) is 4.84. The Morgan fingerprint density at radius 2 is 1.85 bits per heavy atom. The van der Waals surface area contributed by atoms with Crippen LogP contribution < -0.4 is 15.2 Å². The van der Waals surface area contributed by atoms with E-state index in [1.165, 1.54) is 31.4 Å². The lowest BCUT2D eigenvalue weighted by Crippen LogP contribution is -2.35. The van der Waals surface area contributed by atoms with E-state index in [2.05, 4.69) is 17.0 Å². The first kappa shape index (κ1) is 17.7. The monoisotopic (exact) mass is 358 g/mol. The van der Waals surface area contributed by atoms with Crippen molar-refractivity contribution in [3.8, 4) is 11.5 Å². The molecule has 2 N–H and O–H groups in total. The van der Waals surface area contributed by atoms with Crippen LogP contribution in [0, 0.1) is 11.8 Å². The van der Waals surface area contributed by atoms with E-state index in [9.17, 15) is 4.79 Å².